The van der Waals surface area contributed by atoms with Crippen molar-refractivity contribution in [1.29, 1.82) is 0 Å². The number of rotatable bonds is 12. The highest BCUT2D eigenvalue weighted by Gasteiger charge is 2.27. The summed E-state index contributed by atoms with van der Waals surface area (Å²) in [5.41, 5.74) is 2.99. The zero-order valence-electron chi connectivity index (χ0n) is 23.9. The summed E-state index contributed by atoms with van der Waals surface area (Å²) < 4.78 is 54.3. The van der Waals surface area contributed by atoms with E-state index in [1.165, 1.54) is 24.7 Å². The van der Waals surface area contributed by atoms with Gasteiger partial charge in [-0.05, 0) is 66.2 Å². The zero-order valence-corrected chi connectivity index (χ0v) is 25.4. The molecule has 3 aromatic carbocycles. The van der Waals surface area contributed by atoms with Gasteiger partial charge >= 0.3 is 0 Å². The summed E-state index contributed by atoms with van der Waals surface area (Å²) in [4.78, 5) is 11.0. The first kappa shape index (κ1) is 30.0. The lowest BCUT2D eigenvalue weighted by molar-refractivity contribution is -0.0675. The second-order valence-electron chi connectivity index (χ2n) is 10.7. The van der Waals surface area contributed by atoms with E-state index < -0.39 is 9.84 Å². The van der Waals surface area contributed by atoms with E-state index in [9.17, 15) is 12.8 Å². The molecule has 0 atom stereocenters. The average Bonchev–Trinajstić information content (AvgIpc) is 3.43. The van der Waals surface area contributed by atoms with Gasteiger partial charge in [0.25, 0.3) is 0 Å². The highest BCUT2D eigenvalue weighted by Crippen LogP contribution is 2.33. The highest BCUT2D eigenvalue weighted by molar-refractivity contribution is 7.90. The number of fused-ring (bicyclic) bond motifs is 1. The first-order chi connectivity index (χ1) is 21.2. The molecule has 0 amide bonds. The summed E-state index contributed by atoms with van der Waals surface area (Å²) in [7, 11) is -3.09. The molecule has 0 spiro atoms. The van der Waals surface area contributed by atoms with Crippen LogP contribution in [-0.4, -0.2) is 61.1 Å². The minimum Gasteiger partial charge on any atom is -0.487 e. The second kappa shape index (κ2) is 12.9. The molecule has 3 heterocycles. The van der Waals surface area contributed by atoms with E-state index in [1.807, 2.05) is 36.4 Å². The van der Waals surface area contributed by atoms with Crippen LogP contribution in [-0.2, 0) is 27.7 Å². The molecule has 9 nitrogen and oxygen atoms in total. The Morgan fingerprint density at radius 1 is 1.07 bits per heavy atom. The van der Waals surface area contributed by atoms with Crippen molar-refractivity contribution < 1.29 is 26.7 Å². The molecule has 1 aliphatic rings. The Hall–Kier alpha value is -4.03. The Labute approximate surface area is 259 Å². The first-order valence-corrected chi connectivity index (χ1v) is 16.4. The number of hydrogen-bond donors (Lipinski definition) is 1. The first-order valence-electron chi connectivity index (χ1n) is 14.0. The molecule has 1 aliphatic heterocycles. The number of hydrogen-bond acceptors (Lipinski definition) is 9. The van der Waals surface area contributed by atoms with Crippen molar-refractivity contribution in [3.05, 3.63) is 101 Å². The average molecular weight is 637 g/mol. The normalized spacial score (nSPS) is 13.7. The number of benzene rings is 3. The van der Waals surface area contributed by atoms with Crippen LogP contribution in [0.15, 0.2) is 83.5 Å². The number of sulfone groups is 1. The largest absolute Gasteiger partial charge is 0.487 e. The Bertz CT molecular complexity index is 1900. The molecule has 0 saturated carbocycles. The van der Waals surface area contributed by atoms with E-state index in [1.54, 1.807) is 24.3 Å². The Kier molecular flexibility index (Phi) is 8.81. The van der Waals surface area contributed by atoms with Gasteiger partial charge in [0.2, 0.25) is 0 Å². The van der Waals surface area contributed by atoms with Gasteiger partial charge in [0.15, 0.2) is 0 Å². The van der Waals surface area contributed by atoms with E-state index >= 15 is 0 Å². The maximum Gasteiger partial charge on any atom is 0.148 e. The predicted octanol–water partition coefficient (Wildman–Crippen LogP) is 6.25. The van der Waals surface area contributed by atoms with Gasteiger partial charge in [-0.1, -0.05) is 23.7 Å². The van der Waals surface area contributed by atoms with E-state index in [4.69, 9.17) is 25.5 Å². The van der Waals surface area contributed by atoms with Crippen LogP contribution in [0, 0.1) is 5.82 Å². The van der Waals surface area contributed by atoms with Crippen molar-refractivity contribution in [3.63, 3.8) is 0 Å². The van der Waals surface area contributed by atoms with E-state index in [2.05, 4.69) is 20.2 Å². The molecule has 12 heteroatoms. The van der Waals surface area contributed by atoms with E-state index in [-0.39, 0.29) is 24.2 Å². The maximum atomic E-state index is 13.5. The lowest BCUT2D eigenvalue weighted by atomic mass is 10.1. The van der Waals surface area contributed by atoms with Crippen molar-refractivity contribution in [2.75, 3.05) is 37.1 Å². The minimum absolute atomic E-state index is 0.0768. The smallest absolute Gasteiger partial charge is 0.148 e. The number of ether oxygens (including phenoxy) is 2. The molecule has 2 aromatic heterocycles. The molecule has 5 aromatic rings. The number of aromatic nitrogens is 2. The number of nitrogens with one attached hydrogen (secondary N) is 1. The molecule has 1 saturated heterocycles. The molecule has 0 radical (unpaired) electrons. The molecule has 6 rings (SSSR count). The van der Waals surface area contributed by atoms with Gasteiger partial charge in [-0.15, -0.1) is 0 Å². The standard InChI is InChI=1S/C32H30ClFN4O5S/c1-44(39,40)12-11-38(25-18-41-19-25)16-26-7-10-30(43-26)22-5-8-29-27(14-22)32(36-20-35-29)37-24-6-9-31(28(33)15-24)42-17-21-3-2-4-23(34)13-21/h2-10,13-15,20,25H,11-12,16-19H2,1H3,(H,35,36,37). The Morgan fingerprint density at radius 2 is 1.93 bits per heavy atom. The highest BCUT2D eigenvalue weighted by atomic mass is 35.5. The number of anilines is 2. The second-order valence-corrected chi connectivity index (χ2v) is 13.4. The Balaban J connectivity index is 1.17. The Morgan fingerprint density at radius 3 is 2.68 bits per heavy atom. The van der Waals surface area contributed by atoms with Gasteiger partial charge in [-0.25, -0.2) is 22.8 Å². The lowest BCUT2D eigenvalue weighted by Gasteiger charge is -2.36. The van der Waals surface area contributed by atoms with Crippen molar-refractivity contribution >= 4 is 43.8 Å². The summed E-state index contributed by atoms with van der Waals surface area (Å²) >= 11 is 6.50. The molecule has 0 unspecified atom stereocenters. The third-order valence-electron chi connectivity index (χ3n) is 7.30. The summed E-state index contributed by atoms with van der Waals surface area (Å²) in [5, 5.41) is 4.50. The van der Waals surface area contributed by atoms with Crippen LogP contribution in [0.25, 0.3) is 22.2 Å². The van der Waals surface area contributed by atoms with Crippen LogP contribution >= 0.6 is 11.6 Å². The summed E-state index contributed by atoms with van der Waals surface area (Å²) in [5.74, 6) is 2.23. The van der Waals surface area contributed by atoms with Crippen molar-refractivity contribution in [2.45, 2.75) is 19.2 Å². The van der Waals surface area contributed by atoms with E-state index in [0.29, 0.717) is 59.9 Å². The van der Waals surface area contributed by atoms with Crippen LogP contribution in [0.3, 0.4) is 0 Å². The van der Waals surface area contributed by atoms with Gasteiger partial charge in [-0.2, -0.15) is 0 Å². The molecule has 1 fully saturated rings. The molecular formula is C32H30ClFN4O5S. The summed E-state index contributed by atoms with van der Waals surface area (Å²) in [6.07, 6.45) is 2.73. The van der Waals surface area contributed by atoms with Crippen molar-refractivity contribution in [2.24, 2.45) is 0 Å². The quantitative estimate of drug-likeness (QED) is 0.170. The third-order valence-corrected chi connectivity index (χ3v) is 8.52. The fraction of sp³-hybridized carbons (Fsp3) is 0.250. The van der Waals surface area contributed by atoms with E-state index in [0.717, 1.165) is 22.2 Å². The monoisotopic (exact) mass is 636 g/mol. The van der Waals surface area contributed by atoms with Gasteiger partial charge in [0, 0.05) is 29.4 Å². The maximum absolute atomic E-state index is 13.5. The van der Waals surface area contributed by atoms with Gasteiger partial charge in [0.05, 0.1) is 42.1 Å². The van der Waals surface area contributed by atoms with Crippen LogP contribution < -0.4 is 10.1 Å². The number of furan rings is 1. The molecule has 0 aliphatic carbocycles. The van der Waals surface area contributed by atoms with Crippen LogP contribution in [0.2, 0.25) is 5.02 Å². The molecule has 0 bridgehead atoms. The molecule has 228 valence electrons. The third kappa shape index (κ3) is 7.36. The SMILES string of the molecule is CS(=O)(=O)CCN(Cc1ccc(-c2ccc3ncnc(Nc4ccc(OCc5cccc(F)c5)c(Cl)c4)c3c2)o1)C1COC1. The topological polar surface area (TPSA) is 107 Å². The summed E-state index contributed by atoms with van der Waals surface area (Å²) in [6, 6.07) is 21.3. The predicted molar refractivity (Wildman–Crippen MR) is 167 cm³/mol. The van der Waals surface area contributed by atoms with Gasteiger partial charge < -0.3 is 19.2 Å². The van der Waals surface area contributed by atoms with Crippen LogP contribution in [0.4, 0.5) is 15.9 Å². The molecular weight excluding hydrogens is 607 g/mol. The minimum atomic E-state index is -3.09. The molecule has 1 N–H and O–H groups in total. The zero-order chi connectivity index (χ0) is 30.7. The van der Waals surface area contributed by atoms with Crippen molar-refractivity contribution in [3.8, 4) is 17.1 Å². The summed E-state index contributed by atoms with van der Waals surface area (Å²) in [6.45, 7) is 2.23. The lowest BCUT2D eigenvalue weighted by Crippen LogP contribution is -2.49. The van der Waals surface area contributed by atoms with Crippen molar-refractivity contribution in [1.82, 2.24) is 14.9 Å². The van der Waals surface area contributed by atoms with Gasteiger partial charge in [-0.3, -0.25) is 4.90 Å². The number of nitrogens with zero attached hydrogens (tertiary/aromatic N) is 3. The van der Waals surface area contributed by atoms with Crippen LogP contribution in [0.5, 0.6) is 5.75 Å². The van der Waals surface area contributed by atoms with Crippen LogP contribution in [0.1, 0.15) is 11.3 Å². The fourth-order valence-corrected chi connectivity index (χ4v) is 5.66. The van der Waals surface area contributed by atoms with Gasteiger partial charge in [0.1, 0.15) is 51.7 Å². The fourth-order valence-electron chi connectivity index (χ4n) is 4.86. The molecule has 44 heavy (non-hydrogen) atoms. The number of halogens is 2.